The Labute approximate surface area is 194 Å². The predicted octanol–water partition coefficient (Wildman–Crippen LogP) is 5.70. The van der Waals surface area contributed by atoms with E-state index in [1.807, 2.05) is 6.07 Å². The van der Waals surface area contributed by atoms with Gasteiger partial charge < -0.3 is 9.73 Å². The van der Waals surface area contributed by atoms with Crippen LogP contribution in [0.5, 0.6) is 0 Å². The van der Waals surface area contributed by atoms with Crippen molar-refractivity contribution in [2.24, 2.45) is 0 Å². The van der Waals surface area contributed by atoms with E-state index in [4.69, 9.17) is 27.6 Å². The molecule has 0 aliphatic rings. The summed E-state index contributed by atoms with van der Waals surface area (Å²) >= 11 is 11.8. The molecule has 0 aliphatic heterocycles. The third-order valence-electron chi connectivity index (χ3n) is 4.42. The lowest BCUT2D eigenvalue weighted by Crippen LogP contribution is -2.15. The molecule has 4 rings (SSSR count). The molecule has 0 radical (unpaired) electrons. The van der Waals surface area contributed by atoms with E-state index in [0.29, 0.717) is 11.4 Å². The van der Waals surface area contributed by atoms with Crippen LogP contribution in [0.4, 0.5) is 11.4 Å². The molecule has 0 bridgehead atoms. The smallest absolute Gasteiger partial charge is 0.261 e. The summed E-state index contributed by atoms with van der Waals surface area (Å²) in [5.41, 5.74) is 1.79. The van der Waals surface area contributed by atoms with Gasteiger partial charge in [0.25, 0.3) is 15.9 Å². The van der Waals surface area contributed by atoms with Gasteiger partial charge in [-0.3, -0.25) is 9.52 Å². The topological polar surface area (TPSA) is 101 Å². The third kappa shape index (κ3) is 4.94. The number of rotatable bonds is 6. The molecule has 162 valence electrons. The highest BCUT2D eigenvalue weighted by molar-refractivity contribution is 7.92. The fourth-order valence-corrected chi connectivity index (χ4v) is 4.33. The standard InChI is InChI=1S/C22H15Cl2N3O4S/c23-19-8-7-18(11-20(19)24)32(29,30)27-17-6-2-4-15(10-17)22(28)26-16-5-1-3-14(9-16)21-12-25-13-31-21/h1-13,27H,(H,26,28). The van der Waals surface area contributed by atoms with Crippen molar-refractivity contribution in [1.82, 2.24) is 4.98 Å². The van der Waals surface area contributed by atoms with Crippen molar-refractivity contribution in [1.29, 1.82) is 0 Å². The summed E-state index contributed by atoms with van der Waals surface area (Å²) in [5.74, 6) is 0.162. The minimum Gasteiger partial charge on any atom is -0.444 e. The predicted molar refractivity (Wildman–Crippen MR) is 124 cm³/mol. The second-order valence-electron chi connectivity index (χ2n) is 6.66. The van der Waals surface area contributed by atoms with Gasteiger partial charge in [-0.2, -0.15) is 0 Å². The van der Waals surface area contributed by atoms with Crippen LogP contribution < -0.4 is 10.0 Å². The average Bonchev–Trinajstić information content (AvgIpc) is 3.31. The van der Waals surface area contributed by atoms with Gasteiger partial charge in [-0.05, 0) is 48.5 Å². The Hall–Kier alpha value is -3.33. The van der Waals surface area contributed by atoms with Crippen LogP contribution in [0.2, 0.25) is 10.0 Å². The van der Waals surface area contributed by atoms with Gasteiger partial charge in [-0.15, -0.1) is 0 Å². The minimum absolute atomic E-state index is 0.0500. The Morgan fingerprint density at radius 2 is 1.69 bits per heavy atom. The molecule has 4 aromatic rings. The molecular formula is C22H15Cl2N3O4S. The maximum atomic E-state index is 12.7. The molecule has 0 aliphatic carbocycles. The lowest BCUT2D eigenvalue weighted by atomic mass is 10.1. The molecular weight excluding hydrogens is 473 g/mol. The van der Waals surface area contributed by atoms with Gasteiger partial charge in [0, 0.05) is 22.5 Å². The van der Waals surface area contributed by atoms with Crippen LogP contribution >= 0.6 is 23.2 Å². The number of oxazole rings is 1. The lowest BCUT2D eigenvalue weighted by molar-refractivity contribution is 0.102. The first-order valence-electron chi connectivity index (χ1n) is 9.20. The highest BCUT2D eigenvalue weighted by Gasteiger charge is 2.17. The van der Waals surface area contributed by atoms with Gasteiger partial charge >= 0.3 is 0 Å². The molecule has 10 heteroatoms. The van der Waals surface area contributed by atoms with E-state index in [2.05, 4.69) is 15.0 Å². The highest BCUT2D eigenvalue weighted by Crippen LogP contribution is 2.26. The third-order valence-corrected chi connectivity index (χ3v) is 6.53. The number of aromatic nitrogens is 1. The zero-order valence-corrected chi connectivity index (χ0v) is 18.6. The van der Waals surface area contributed by atoms with Gasteiger partial charge in [0.1, 0.15) is 0 Å². The van der Waals surface area contributed by atoms with E-state index in [9.17, 15) is 13.2 Å². The minimum atomic E-state index is -3.93. The van der Waals surface area contributed by atoms with Crippen LogP contribution in [-0.4, -0.2) is 19.3 Å². The van der Waals surface area contributed by atoms with Gasteiger partial charge in [0.05, 0.1) is 21.1 Å². The Bertz CT molecular complexity index is 1390. The zero-order valence-electron chi connectivity index (χ0n) is 16.2. The van der Waals surface area contributed by atoms with E-state index in [-0.39, 0.29) is 26.2 Å². The van der Waals surface area contributed by atoms with Crippen LogP contribution in [0.25, 0.3) is 11.3 Å². The zero-order chi connectivity index (χ0) is 22.7. The fourth-order valence-electron chi connectivity index (χ4n) is 2.89. The SMILES string of the molecule is O=C(Nc1cccc(-c2cnco2)c1)c1cccc(NS(=O)(=O)c2ccc(Cl)c(Cl)c2)c1. The van der Waals surface area contributed by atoms with Crippen LogP contribution in [0.3, 0.4) is 0 Å². The number of carbonyl (C=O) groups is 1. The van der Waals surface area contributed by atoms with E-state index in [0.717, 1.165) is 5.56 Å². The number of hydrogen-bond donors (Lipinski definition) is 2. The molecule has 1 heterocycles. The van der Waals surface area contributed by atoms with Crippen molar-refractivity contribution < 1.29 is 17.6 Å². The molecule has 0 spiro atoms. The van der Waals surface area contributed by atoms with E-state index < -0.39 is 15.9 Å². The number of sulfonamides is 1. The van der Waals surface area contributed by atoms with Crippen LogP contribution in [-0.2, 0) is 10.0 Å². The first-order valence-corrected chi connectivity index (χ1v) is 11.4. The lowest BCUT2D eigenvalue weighted by Gasteiger charge is -2.11. The van der Waals surface area contributed by atoms with E-state index >= 15 is 0 Å². The van der Waals surface area contributed by atoms with E-state index in [1.54, 1.807) is 36.5 Å². The number of nitrogens with one attached hydrogen (secondary N) is 2. The molecule has 0 saturated heterocycles. The summed E-state index contributed by atoms with van der Waals surface area (Å²) in [6, 6.07) is 17.2. The Balaban J connectivity index is 1.52. The normalized spacial score (nSPS) is 11.2. The molecule has 0 atom stereocenters. The van der Waals surface area contributed by atoms with Crippen LogP contribution in [0.1, 0.15) is 10.4 Å². The highest BCUT2D eigenvalue weighted by atomic mass is 35.5. The summed E-state index contributed by atoms with van der Waals surface area (Å²) < 4.78 is 33.0. The van der Waals surface area contributed by atoms with Crippen LogP contribution in [0.15, 0.2) is 88.6 Å². The second kappa shape index (κ2) is 9.04. The molecule has 0 unspecified atom stereocenters. The molecule has 1 amide bonds. The van der Waals surface area contributed by atoms with Crippen LogP contribution in [0, 0.1) is 0 Å². The first-order chi connectivity index (χ1) is 15.3. The van der Waals surface area contributed by atoms with Crippen molar-refractivity contribution in [2.75, 3.05) is 10.0 Å². The Morgan fingerprint density at radius 3 is 2.44 bits per heavy atom. The summed E-state index contributed by atoms with van der Waals surface area (Å²) in [6.45, 7) is 0. The maximum absolute atomic E-state index is 12.7. The second-order valence-corrected chi connectivity index (χ2v) is 9.16. The molecule has 1 aromatic heterocycles. The molecule has 7 nitrogen and oxygen atoms in total. The van der Waals surface area contributed by atoms with Gasteiger partial charge in [0.2, 0.25) is 0 Å². The number of nitrogens with zero attached hydrogens (tertiary/aromatic N) is 1. The Kier molecular flexibility index (Phi) is 6.18. The molecule has 0 fully saturated rings. The summed E-state index contributed by atoms with van der Waals surface area (Å²) in [4.78, 5) is 16.6. The molecule has 3 aromatic carbocycles. The van der Waals surface area contributed by atoms with Gasteiger partial charge in [-0.1, -0.05) is 41.4 Å². The number of carbonyl (C=O) groups excluding carboxylic acids is 1. The summed E-state index contributed by atoms with van der Waals surface area (Å²) in [7, 11) is -3.93. The number of halogens is 2. The fraction of sp³-hybridized carbons (Fsp3) is 0. The van der Waals surface area contributed by atoms with E-state index in [1.165, 1.54) is 36.7 Å². The number of amides is 1. The Morgan fingerprint density at radius 1 is 0.906 bits per heavy atom. The monoisotopic (exact) mass is 487 g/mol. The maximum Gasteiger partial charge on any atom is 0.261 e. The van der Waals surface area contributed by atoms with Crippen molar-refractivity contribution in [3.63, 3.8) is 0 Å². The summed E-state index contributed by atoms with van der Waals surface area (Å²) in [5, 5.41) is 3.15. The quantitative estimate of drug-likeness (QED) is 0.363. The number of anilines is 2. The largest absolute Gasteiger partial charge is 0.444 e. The van der Waals surface area contributed by atoms with Crippen molar-refractivity contribution in [2.45, 2.75) is 4.90 Å². The molecule has 32 heavy (non-hydrogen) atoms. The van der Waals surface area contributed by atoms with Crippen molar-refractivity contribution in [3.8, 4) is 11.3 Å². The number of hydrogen-bond acceptors (Lipinski definition) is 5. The van der Waals surface area contributed by atoms with Crippen molar-refractivity contribution in [3.05, 3.63) is 94.9 Å². The van der Waals surface area contributed by atoms with Gasteiger partial charge in [0.15, 0.2) is 12.2 Å². The number of benzene rings is 3. The van der Waals surface area contributed by atoms with Gasteiger partial charge in [-0.25, -0.2) is 13.4 Å². The average molecular weight is 488 g/mol. The van der Waals surface area contributed by atoms with Crippen molar-refractivity contribution >= 4 is 50.5 Å². The summed E-state index contributed by atoms with van der Waals surface area (Å²) in [6.07, 6.45) is 2.90. The first kappa shape index (κ1) is 21.9. The molecule has 2 N–H and O–H groups in total. The molecule has 0 saturated carbocycles.